The van der Waals surface area contributed by atoms with E-state index in [0.717, 1.165) is 0 Å². The highest BCUT2D eigenvalue weighted by atomic mass is 35.5. The molecule has 2 aromatic carbocycles. The quantitative estimate of drug-likeness (QED) is 0.555. The van der Waals surface area contributed by atoms with Gasteiger partial charge in [0.25, 0.3) is 5.69 Å². The molecule has 0 spiro atoms. The maximum absolute atomic E-state index is 11.0. The molecule has 0 fully saturated rings. The highest BCUT2D eigenvalue weighted by Crippen LogP contribution is 2.33. The number of benzene rings is 2. The van der Waals surface area contributed by atoms with Crippen LogP contribution in [-0.2, 0) is 0 Å². The molecule has 1 aromatic heterocycles. The number of hydrogen-bond acceptors (Lipinski definition) is 5. The predicted octanol–water partition coefficient (Wildman–Crippen LogP) is 4.43. The van der Waals surface area contributed by atoms with Crippen LogP contribution in [0.3, 0.4) is 0 Å². The Morgan fingerprint density at radius 1 is 1.12 bits per heavy atom. The van der Waals surface area contributed by atoms with Crippen LogP contribution < -0.4 is 5.73 Å². The van der Waals surface area contributed by atoms with Crippen molar-refractivity contribution in [3.05, 3.63) is 75.3 Å². The fourth-order valence-electron chi connectivity index (χ4n) is 2.49. The lowest BCUT2D eigenvalue weighted by atomic mass is 9.98. The Morgan fingerprint density at radius 2 is 1.84 bits per heavy atom. The number of anilines is 1. The van der Waals surface area contributed by atoms with Crippen LogP contribution in [0.5, 0.6) is 0 Å². The first kappa shape index (κ1) is 16.4. The second kappa shape index (κ2) is 6.59. The Bertz CT molecular complexity index is 1030. The number of nitro groups is 1. The highest BCUT2D eigenvalue weighted by Gasteiger charge is 2.15. The average molecular weight is 351 g/mol. The second-order valence-corrected chi connectivity index (χ2v) is 5.68. The molecule has 3 rings (SSSR count). The minimum Gasteiger partial charge on any atom is -0.383 e. The third-order valence-corrected chi connectivity index (χ3v) is 3.88. The summed E-state index contributed by atoms with van der Waals surface area (Å²) in [7, 11) is 0. The predicted molar refractivity (Wildman–Crippen MR) is 95.9 cm³/mol. The van der Waals surface area contributed by atoms with Crippen LogP contribution in [0, 0.1) is 21.4 Å². The summed E-state index contributed by atoms with van der Waals surface area (Å²) in [5, 5.41) is 20.9. The van der Waals surface area contributed by atoms with Gasteiger partial charge in [-0.05, 0) is 23.8 Å². The van der Waals surface area contributed by atoms with Crippen molar-refractivity contribution in [2.24, 2.45) is 0 Å². The van der Waals surface area contributed by atoms with E-state index < -0.39 is 4.92 Å². The third kappa shape index (κ3) is 3.27. The van der Waals surface area contributed by atoms with Gasteiger partial charge in [0.2, 0.25) is 0 Å². The Hall–Kier alpha value is -3.43. The van der Waals surface area contributed by atoms with Gasteiger partial charge in [-0.15, -0.1) is 0 Å². The zero-order chi connectivity index (χ0) is 18.0. The molecule has 3 aromatic rings. The number of pyridine rings is 1. The largest absolute Gasteiger partial charge is 0.383 e. The summed E-state index contributed by atoms with van der Waals surface area (Å²) in [5.41, 5.74) is 8.38. The van der Waals surface area contributed by atoms with Crippen molar-refractivity contribution in [2.75, 3.05) is 5.73 Å². The molecule has 2 N–H and O–H groups in total. The third-order valence-electron chi connectivity index (χ3n) is 3.65. The molecule has 0 radical (unpaired) electrons. The number of nitrogens with zero attached hydrogens (tertiary/aromatic N) is 3. The molecule has 6 nitrogen and oxygen atoms in total. The molecule has 7 heteroatoms. The maximum atomic E-state index is 11.0. The fourth-order valence-corrected chi connectivity index (χ4v) is 2.68. The first-order chi connectivity index (χ1) is 12.0. The van der Waals surface area contributed by atoms with E-state index in [-0.39, 0.29) is 17.1 Å². The molecule has 25 heavy (non-hydrogen) atoms. The molecular weight excluding hydrogens is 340 g/mol. The normalized spacial score (nSPS) is 10.2. The molecule has 0 bridgehead atoms. The van der Waals surface area contributed by atoms with E-state index >= 15 is 0 Å². The molecule has 1 heterocycles. The van der Waals surface area contributed by atoms with E-state index in [0.29, 0.717) is 27.4 Å². The summed E-state index contributed by atoms with van der Waals surface area (Å²) in [6, 6.07) is 16.8. The number of nitro benzene ring substituents is 1. The summed E-state index contributed by atoms with van der Waals surface area (Å²) < 4.78 is 0. The molecule has 0 saturated heterocycles. The number of nitriles is 1. The zero-order valence-corrected chi connectivity index (χ0v) is 13.6. The Kier molecular flexibility index (Phi) is 4.33. The minimum absolute atomic E-state index is 0.0495. The lowest BCUT2D eigenvalue weighted by molar-refractivity contribution is -0.384. The molecule has 0 atom stereocenters. The van der Waals surface area contributed by atoms with Gasteiger partial charge in [-0.25, -0.2) is 4.98 Å². The van der Waals surface area contributed by atoms with Crippen molar-refractivity contribution in [2.45, 2.75) is 0 Å². The van der Waals surface area contributed by atoms with E-state index in [1.165, 1.54) is 12.1 Å². The molecule has 0 unspecified atom stereocenters. The number of rotatable bonds is 3. The van der Waals surface area contributed by atoms with Crippen LogP contribution in [0.15, 0.2) is 54.6 Å². The number of nitrogen functional groups attached to an aromatic ring is 1. The van der Waals surface area contributed by atoms with Gasteiger partial charge in [-0.2, -0.15) is 5.26 Å². The molecular formula is C18H11ClN4O2. The van der Waals surface area contributed by atoms with Crippen LogP contribution >= 0.6 is 11.6 Å². The van der Waals surface area contributed by atoms with Gasteiger partial charge in [-0.1, -0.05) is 35.9 Å². The van der Waals surface area contributed by atoms with Gasteiger partial charge in [0.05, 0.1) is 10.6 Å². The van der Waals surface area contributed by atoms with Gasteiger partial charge in [0.1, 0.15) is 17.5 Å². The van der Waals surface area contributed by atoms with E-state index in [2.05, 4.69) is 11.1 Å². The summed E-state index contributed by atoms with van der Waals surface area (Å²) in [6.45, 7) is 0. The van der Waals surface area contributed by atoms with E-state index in [1.54, 1.807) is 42.5 Å². The van der Waals surface area contributed by atoms with Crippen LogP contribution in [0.1, 0.15) is 5.56 Å². The summed E-state index contributed by atoms with van der Waals surface area (Å²) in [4.78, 5) is 14.7. The first-order valence-corrected chi connectivity index (χ1v) is 7.59. The van der Waals surface area contributed by atoms with Gasteiger partial charge in [0.15, 0.2) is 0 Å². The molecule has 0 amide bonds. The Balaban J connectivity index is 2.22. The fraction of sp³-hybridized carbons (Fsp3) is 0. The van der Waals surface area contributed by atoms with Crippen molar-refractivity contribution < 1.29 is 4.92 Å². The maximum Gasteiger partial charge on any atom is 0.270 e. The van der Waals surface area contributed by atoms with E-state index in [4.69, 9.17) is 17.3 Å². The topological polar surface area (TPSA) is 106 Å². The van der Waals surface area contributed by atoms with Crippen molar-refractivity contribution in [3.63, 3.8) is 0 Å². The van der Waals surface area contributed by atoms with Crippen molar-refractivity contribution >= 4 is 23.1 Å². The lowest BCUT2D eigenvalue weighted by Crippen LogP contribution is -2.00. The monoisotopic (exact) mass is 350 g/mol. The number of halogens is 1. The second-order valence-electron chi connectivity index (χ2n) is 5.24. The number of hydrogen-bond donors (Lipinski definition) is 1. The Morgan fingerprint density at radius 3 is 2.52 bits per heavy atom. The molecule has 0 aliphatic carbocycles. The Labute approximate surface area is 148 Å². The first-order valence-electron chi connectivity index (χ1n) is 7.21. The summed E-state index contributed by atoms with van der Waals surface area (Å²) >= 11 is 6.04. The number of aromatic nitrogens is 1. The number of nitrogens with two attached hydrogens (primary N) is 1. The molecule has 122 valence electrons. The van der Waals surface area contributed by atoms with Gasteiger partial charge in [0, 0.05) is 28.3 Å². The van der Waals surface area contributed by atoms with Crippen LogP contribution in [0.2, 0.25) is 5.02 Å². The van der Waals surface area contributed by atoms with Crippen LogP contribution in [-0.4, -0.2) is 9.91 Å². The zero-order valence-electron chi connectivity index (χ0n) is 12.8. The van der Waals surface area contributed by atoms with Gasteiger partial charge >= 0.3 is 0 Å². The van der Waals surface area contributed by atoms with E-state index in [9.17, 15) is 15.4 Å². The van der Waals surface area contributed by atoms with Crippen LogP contribution in [0.4, 0.5) is 11.5 Å². The summed E-state index contributed by atoms with van der Waals surface area (Å²) in [5.74, 6) is 0.0569. The minimum atomic E-state index is -0.478. The van der Waals surface area contributed by atoms with Crippen molar-refractivity contribution in [1.82, 2.24) is 4.98 Å². The van der Waals surface area contributed by atoms with E-state index in [1.807, 2.05) is 0 Å². The smallest absolute Gasteiger partial charge is 0.270 e. The average Bonchev–Trinajstić information content (AvgIpc) is 2.61. The lowest BCUT2D eigenvalue weighted by Gasteiger charge is -2.10. The SMILES string of the molecule is N#Cc1c(-c2cccc(Cl)c2)cc(-c2cccc([N+](=O)[O-])c2)nc1N. The highest BCUT2D eigenvalue weighted by molar-refractivity contribution is 6.30. The van der Waals surface area contributed by atoms with Gasteiger partial charge < -0.3 is 5.73 Å². The van der Waals surface area contributed by atoms with Crippen molar-refractivity contribution in [3.8, 4) is 28.5 Å². The molecule has 0 aliphatic heterocycles. The van der Waals surface area contributed by atoms with Crippen LogP contribution in [0.25, 0.3) is 22.4 Å². The van der Waals surface area contributed by atoms with Crippen molar-refractivity contribution in [1.29, 1.82) is 5.26 Å². The summed E-state index contributed by atoms with van der Waals surface area (Å²) in [6.07, 6.45) is 0. The standard InChI is InChI=1S/C18H11ClN4O2/c19-13-5-1-3-11(7-13)15-9-17(22-18(21)16(15)10-20)12-4-2-6-14(8-12)23(24)25/h1-9H,(H2,21,22). The number of non-ortho nitro benzene ring substituents is 1. The molecule has 0 aliphatic rings. The van der Waals surface area contributed by atoms with Gasteiger partial charge in [-0.3, -0.25) is 10.1 Å². The molecule has 0 saturated carbocycles.